The van der Waals surface area contributed by atoms with E-state index in [9.17, 15) is 23.1 Å². The van der Waals surface area contributed by atoms with Crippen molar-refractivity contribution in [3.05, 3.63) is 65.6 Å². The summed E-state index contributed by atoms with van der Waals surface area (Å²) in [7, 11) is 0. The number of pyridine rings is 1. The van der Waals surface area contributed by atoms with Crippen molar-refractivity contribution in [2.24, 2.45) is 0 Å². The van der Waals surface area contributed by atoms with Gasteiger partial charge >= 0.3 is 0 Å². The van der Waals surface area contributed by atoms with Gasteiger partial charge in [0.15, 0.2) is 11.6 Å². The number of ether oxygens (including phenoxy) is 2. The van der Waals surface area contributed by atoms with E-state index >= 15 is 0 Å². The fourth-order valence-corrected chi connectivity index (χ4v) is 8.01. The number of aromatic nitrogens is 3. The van der Waals surface area contributed by atoms with Gasteiger partial charge in [0, 0.05) is 101 Å². The zero-order valence-electron chi connectivity index (χ0n) is 30.1. The second-order valence-electron chi connectivity index (χ2n) is 15.3. The molecule has 7 rings (SSSR count). The number of fused-ring (bicyclic) bond motifs is 1. The van der Waals surface area contributed by atoms with Crippen LogP contribution >= 0.6 is 0 Å². The van der Waals surface area contributed by atoms with E-state index in [4.69, 9.17) is 9.47 Å². The Morgan fingerprint density at radius 1 is 1.04 bits per heavy atom. The Balaban J connectivity index is 0.980. The summed E-state index contributed by atoms with van der Waals surface area (Å²) in [5.41, 5.74) is 1.66. The molecule has 4 aliphatic rings. The lowest BCUT2D eigenvalue weighted by atomic mass is 9.85. The monoisotopic (exact) mass is 723 g/mol. The quantitative estimate of drug-likeness (QED) is 0.264. The number of aliphatic hydroxyl groups is 1. The molecule has 0 bridgehead atoms. The van der Waals surface area contributed by atoms with Crippen molar-refractivity contribution >= 4 is 11.7 Å². The first-order chi connectivity index (χ1) is 24.8. The molecule has 0 spiro atoms. The Morgan fingerprint density at radius 2 is 1.79 bits per heavy atom. The number of hydrogen-bond donors (Lipinski definition) is 1. The third kappa shape index (κ3) is 8.13. The predicted octanol–water partition coefficient (Wildman–Crippen LogP) is 5.31. The van der Waals surface area contributed by atoms with Gasteiger partial charge in [-0.05, 0) is 64.5 Å². The molecule has 1 N–H and O–H groups in total. The van der Waals surface area contributed by atoms with Gasteiger partial charge < -0.3 is 24.4 Å². The molecule has 52 heavy (non-hydrogen) atoms. The topological polar surface area (TPSA) is 107 Å². The Kier molecular flexibility index (Phi) is 10.3. The third-order valence-corrected chi connectivity index (χ3v) is 10.6. The maximum absolute atomic E-state index is 14.5. The molecule has 0 unspecified atom stereocenters. The van der Waals surface area contributed by atoms with Gasteiger partial charge in [-0.3, -0.25) is 19.6 Å². The number of amides is 1. The summed E-state index contributed by atoms with van der Waals surface area (Å²) in [5.74, 6) is -2.19. The average molecular weight is 724 g/mol. The van der Waals surface area contributed by atoms with E-state index in [2.05, 4.69) is 29.7 Å². The maximum Gasteiger partial charge on any atom is 0.258 e. The van der Waals surface area contributed by atoms with Crippen molar-refractivity contribution in [1.29, 1.82) is 0 Å². The van der Waals surface area contributed by atoms with Crippen LogP contribution in [-0.2, 0) is 13.0 Å². The number of likely N-dealkylation sites (tertiary alicyclic amines) is 1. The lowest BCUT2D eigenvalue weighted by molar-refractivity contribution is -0.120. The minimum atomic E-state index is -2.81. The molecule has 5 heterocycles. The van der Waals surface area contributed by atoms with Crippen LogP contribution in [0.3, 0.4) is 0 Å². The van der Waals surface area contributed by atoms with E-state index in [0.29, 0.717) is 24.7 Å². The first-order valence-corrected chi connectivity index (χ1v) is 18.4. The average Bonchev–Trinajstić information content (AvgIpc) is 3.08. The molecule has 1 saturated carbocycles. The highest BCUT2D eigenvalue weighted by molar-refractivity contribution is 5.97. The van der Waals surface area contributed by atoms with Gasteiger partial charge in [0.1, 0.15) is 29.7 Å². The number of anilines is 1. The van der Waals surface area contributed by atoms with Crippen LogP contribution in [0.15, 0.2) is 43.0 Å². The summed E-state index contributed by atoms with van der Waals surface area (Å²) >= 11 is 0. The fraction of sp³-hybridized carbons (Fsp3) is 0.579. The summed E-state index contributed by atoms with van der Waals surface area (Å²) in [4.78, 5) is 35.3. The molecule has 1 aliphatic carbocycles. The van der Waals surface area contributed by atoms with Gasteiger partial charge in [-0.15, -0.1) is 0 Å². The molecule has 11 nitrogen and oxygen atoms in total. The SMILES string of the molecule is CC(C)N(C(=O)c1cc(F)ccc1Oc1cncnc1N1CCC(Oc2ccnc3c2CN(CCCN2CC(C)(O)C2)CC3)CC1)C1CC(F)(F)C1. The molecule has 1 amide bonds. The molecule has 14 heteroatoms. The summed E-state index contributed by atoms with van der Waals surface area (Å²) in [6, 6.07) is 4.61. The minimum Gasteiger partial charge on any atom is -0.490 e. The second-order valence-corrected chi connectivity index (χ2v) is 15.3. The number of halogens is 3. The van der Waals surface area contributed by atoms with Gasteiger partial charge in [-0.25, -0.2) is 23.1 Å². The first kappa shape index (κ1) is 36.4. The highest BCUT2D eigenvalue weighted by atomic mass is 19.3. The molecule has 280 valence electrons. The van der Waals surface area contributed by atoms with E-state index in [1.165, 1.54) is 29.6 Å². The molecule has 3 aromatic rings. The van der Waals surface area contributed by atoms with Crippen molar-refractivity contribution < 1.29 is 32.5 Å². The van der Waals surface area contributed by atoms with E-state index < -0.39 is 42.1 Å². The molecule has 2 saturated heterocycles. The second kappa shape index (κ2) is 14.8. The standard InChI is InChI=1S/C38H48F3N7O4/c1-25(2)48(27-18-38(40,41)19-27)36(49)29-17-26(39)5-6-32(29)52-34-20-42-24-44-35(34)47-15-8-28(9-16-47)51-33-7-11-43-31-10-14-45(21-30(31)33)12-4-13-46-22-37(3,50)23-46/h5-7,11,17,20,24-25,27-28,50H,4,8-10,12-16,18-19,21-23H2,1-3H3. The Morgan fingerprint density at radius 3 is 2.50 bits per heavy atom. The predicted molar refractivity (Wildman–Crippen MR) is 189 cm³/mol. The van der Waals surface area contributed by atoms with Crippen LogP contribution in [0.25, 0.3) is 0 Å². The lowest BCUT2D eigenvalue weighted by Gasteiger charge is -2.44. The number of β-amino-alcohol motifs (C(OH)–C–C–N with tert-alkyl or cyclic N) is 1. The van der Waals surface area contributed by atoms with E-state index in [0.717, 1.165) is 88.0 Å². The van der Waals surface area contributed by atoms with Crippen molar-refractivity contribution in [1.82, 2.24) is 29.7 Å². The number of carbonyl (C=O) groups is 1. The van der Waals surface area contributed by atoms with E-state index in [1.54, 1.807) is 13.8 Å². The number of hydrogen-bond acceptors (Lipinski definition) is 10. The van der Waals surface area contributed by atoms with Gasteiger partial charge in [-0.1, -0.05) is 0 Å². The highest BCUT2D eigenvalue weighted by Crippen LogP contribution is 2.42. The van der Waals surface area contributed by atoms with Gasteiger partial charge in [0.2, 0.25) is 0 Å². The number of rotatable bonds is 12. The van der Waals surface area contributed by atoms with Crippen molar-refractivity contribution in [3.63, 3.8) is 0 Å². The van der Waals surface area contributed by atoms with Crippen LogP contribution in [0, 0.1) is 5.82 Å². The van der Waals surface area contributed by atoms with Gasteiger partial charge in [0.05, 0.1) is 17.4 Å². The van der Waals surface area contributed by atoms with Crippen LogP contribution in [0.4, 0.5) is 19.0 Å². The fourth-order valence-electron chi connectivity index (χ4n) is 8.01. The number of nitrogens with zero attached hydrogens (tertiary/aromatic N) is 7. The zero-order valence-corrected chi connectivity index (χ0v) is 30.1. The summed E-state index contributed by atoms with van der Waals surface area (Å²) < 4.78 is 54.9. The molecule has 3 fully saturated rings. The third-order valence-electron chi connectivity index (χ3n) is 10.6. The van der Waals surface area contributed by atoms with Crippen LogP contribution in [0.5, 0.6) is 17.2 Å². The molecular weight excluding hydrogens is 675 g/mol. The Labute approximate surface area is 302 Å². The molecular formula is C38H48F3N7O4. The number of benzene rings is 1. The Bertz CT molecular complexity index is 1740. The van der Waals surface area contributed by atoms with E-state index in [1.807, 2.05) is 19.2 Å². The number of alkyl halides is 2. The van der Waals surface area contributed by atoms with Gasteiger partial charge in [0.25, 0.3) is 11.8 Å². The maximum atomic E-state index is 14.5. The zero-order chi connectivity index (χ0) is 36.6. The Hall–Kier alpha value is -4.01. The molecule has 0 atom stereocenters. The van der Waals surface area contributed by atoms with Crippen LogP contribution in [0.1, 0.15) is 74.5 Å². The number of piperidine rings is 1. The normalized spacial score (nSPS) is 20.6. The number of carbonyl (C=O) groups excluding carboxylic acids is 1. The van der Waals surface area contributed by atoms with Crippen LogP contribution in [-0.4, -0.2) is 116 Å². The van der Waals surface area contributed by atoms with Crippen LogP contribution < -0.4 is 14.4 Å². The summed E-state index contributed by atoms with van der Waals surface area (Å²) in [6.45, 7) is 11.9. The smallest absolute Gasteiger partial charge is 0.258 e. The summed E-state index contributed by atoms with van der Waals surface area (Å²) in [5, 5.41) is 10.0. The minimum absolute atomic E-state index is 0.00855. The van der Waals surface area contributed by atoms with Crippen molar-refractivity contribution in [2.75, 3.05) is 50.7 Å². The summed E-state index contributed by atoms with van der Waals surface area (Å²) in [6.07, 6.45) is 7.32. The van der Waals surface area contributed by atoms with Gasteiger partial charge in [-0.2, -0.15) is 0 Å². The molecule has 1 aromatic carbocycles. The first-order valence-electron chi connectivity index (χ1n) is 18.4. The largest absolute Gasteiger partial charge is 0.490 e. The van der Waals surface area contributed by atoms with Crippen molar-refractivity contribution in [2.45, 2.75) is 95.6 Å². The lowest BCUT2D eigenvalue weighted by Crippen LogP contribution is -2.60. The molecule has 2 aromatic heterocycles. The van der Waals surface area contributed by atoms with E-state index in [-0.39, 0.29) is 23.5 Å². The molecule has 0 radical (unpaired) electrons. The van der Waals surface area contributed by atoms with Crippen molar-refractivity contribution in [3.8, 4) is 17.2 Å². The van der Waals surface area contributed by atoms with Crippen LogP contribution in [0.2, 0.25) is 0 Å². The highest BCUT2D eigenvalue weighted by Gasteiger charge is 2.50. The molecule has 3 aliphatic heterocycles.